The first-order valence-electron chi connectivity index (χ1n) is 11.7. The van der Waals surface area contributed by atoms with E-state index in [1.807, 2.05) is 18.2 Å². The summed E-state index contributed by atoms with van der Waals surface area (Å²) in [6.07, 6.45) is 2.40. The average molecular weight is 482 g/mol. The molecule has 3 heterocycles. The number of ether oxygens (including phenoxy) is 1. The van der Waals surface area contributed by atoms with Gasteiger partial charge in [-0.3, -0.25) is 14.4 Å². The molecule has 10 heteroatoms. The van der Waals surface area contributed by atoms with E-state index in [2.05, 4.69) is 34.8 Å². The van der Waals surface area contributed by atoms with E-state index in [-0.39, 0.29) is 30.1 Å². The Labute approximate surface area is 199 Å². The lowest BCUT2D eigenvalue weighted by molar-refractivity contribution is -0.128. The topological polar surface area (TPSA) is 127 Å². The van der Waals surface area contributed by atoms with Gasteiger partial charge in [-0.15, -0.1) is 0 Å². The fourth-order valence-corrected chi connectivity index (χ4v) is 7.92. The van der Waals surface area contributed by atoms with Crippen LogP contribution in [-0.4, -0.2) is 67.6 Å². The van der Waals surface area contributed by atoms with Crippen LogP contribution in [0.4, 0.5) is 0 Å². The Morgan fingerprint density at radius 3 is 2.88 bits per heavy atom. The Kier molecular flexibility index (Phi) is 6.66. The largest absolute Gasteiger partial charge is 0.496 e. The quantitative estimate of drug-likeness (QED) is 0.545. The standard InChI is InChI=1S/C24H31N5O4Si/c1-33-21-8-4-7-18-17(21)11-19(28-18)24(32)29-14-34(2,3)13-20(29)23(31)27-16(12-25)10-15-6-5-9-26-22(15)30/h4,7-8,11,15-16,20,28H,5-6,9-10,13-14H2,1-3H3,(H,26,30)(H,27,31)/t15-,16-,20-/m0/s1. The number of benzene rings is 1. The van der Waals surface area contributed by atoms with Crippen LogP contribution < -0.4 is 15.4 Å². The first-order valence-corrected chi connectivity index (χ1v) is 15.1. The summed E-state index contributed by atoms with van der Waals surface area (Å²) in [6.45, 7) is 4.96. The van der Waals surface area contributed by atoms with Gasteiger partial charge in [-0.2, -0.15) is 5.26 Å². The minimum absolute atomic E-state index is 0.0683. The van der Waals surface area contributed by atoms with Crippen molar-refractivity contribution < 1.29 is 19.1 Å². The van der Waals surface area contributed by atoms with E-state index < -0.39 is 20.2 Å². The third kappa shape index (κ3) is 4.80. The third-order valence-corrected chi connectivity index (χ3v) is 9.44. The van der Waals surface area contributed by atoms with E-state index in [1.54, 1.807) is 18.1 Å². The summed E-state index contributed by atoms with van der Waals surface area (Å²) in [5.41, 5.74) is 1.19. The van der Waals surface area contributed by atoms with Gasteiger partial charge in [-0.1, -0.05) is 19.2 Å². The Bertz CT molecular complexity index is 1150. The number of aromatic amines is 1. The molecular formula is C24H31N5O4Si. The van der Waals surface area contributed by atoms with Gasteiger partial charge in [0.25, 0.3) is 5.91 Å². The van der Waals surface area contributed by atoms with Crippen LogP contribution >= 0.6 is 0 Å². The van der Waals surface area contributed by atoms with Gasteiger partial charge >= 0.3 is 0 Å². The van der Waals surface area contributed by atoms with E-state index in [0.717, 1.165) is 17.3 Å². The van der Waals surface area contributed by atoms with Crippen molar-refractivity contribution in [3.05, 3.63) is 30.0 Å². The van der Waals surface area contributed by atoms with Crippen molar-refractivity contribution in [1.82, 2.24) is 20.5 Å². The maximum atomic E-state index is 13.5. The van der Waals surface area contributed by atoms with Crippen molar-refractivity contribution in [2.45, 2.75) is 50.5 Å². The second kappa shape index (κ2) is 9.50. The molecule has 1 aromatic carbocycles. The summed E-state index contributed by atoms with van der Waals surface area (Å²) in [7, 11) is -0.253. The fourth-order valence-electron chi connectivity index (χ4n) is 5.05. The summed E-state index contributed by atoms with van der Waals surface area (Å²) < 4.78 is 5.40. The summed E-state index contributed by atoms with van der Waals surface area (Å²) in [5.74, 6) is -0.255. The highest BCUT2D eigenvalue weighted by Gasteiger charge is 2.45. The number of methoxy groups -OCH3 is 1. The molecule has 3 N–H and O–H groups in total. The second-order valence-corrected chi connectivity index (χ2v) is 15.0. The number of nitriles is 1. The SMILES string of the molecule is COc1cccc2[nH]c(C(=O)N3C[Si](C)(C)C[C@H]3C(=O)N[C@H](C#N)C[C@@H]3CCCNC3=O)cc12. The van der Waals surface area contributed by atoms with Gasteiger partial charge in [0.15, 0.2) is 0 Å². The fraction of sp³-hybridized carbons (Fsp3) is 0.500. The van der Waals surface area contributed by atoms with Gasteiger partial charge in [-0.25, -0.2) is 0 Å². The molecule has 2 aliphatic heterocycles. The van der Waals surface area contributed by atoms with Crippen molar-refractivity contribution in [1.29, 1.82) is 5.26 Å². The number of nitrogens with one attached hydrogen (secondary N) is 3. The number of amides is 3. The first kappa shape index (κ1) is 23.8. The molecule has 0 saturated carbocycles. The van der Waals surface area contributed by atoms with Gasteiger partial charge in [0, 0.05) is 29.5 Å². The number of nitrogens with zero attached hydrogens (tertiary/aromatic N) is 2. The zero-order valence-electron chi connectivity index (χ0n) is 19.8. The van der Waals surface area contributed by atoms with Crippen molar-refractivity contribution >= 4 is 36.7 Å². The van der Waals surface area contributed by atoms with E-state index in [9.17, 15) is 19.6 Å². The number of carbonyl (C=O) groups excluding carboxylic acids is 3. The Morgan fingerprint density at radius 2 is 2.18 bits per heavy atom. The van der Waals surface area contributed by atoms with E-state index >= 15 is 0 Å². The molecule has 0 unspecified atom stereocenters. The lowest BCUT2D eigenvalue weighted by Crippen LogP contribution is -2.49. The normalized spacial score (nSPS) is 22.6. The smallest absolute Gasteiger partial charge is 0.270 e. The Hall–Kier alpha value is -3.32. The lowest BCUT2D eigenvalue weighted by atomic mass is 9.92. The maximum Gasteiger partial charge on any atom is 0.270 e. The van der Waals surface area contributed by atoms with E-state index in [1.165, 1.54) is 0 Å². The zero-order valence-corrected chi connectivity index (χ0v) is 20.8. The van der Waals surface area contributed by atoms with Crippen LogP contribution in [0.3, 0.4) is 0 Å². The zero-order chi connectivity index (χ0) is 24.5. The van der Waals surface area contributed by atoms with Gasteiger partial charge in [0.05, 0.1) is 21.3 Å². The molecule has 3 atom stereocenters. The molecule has 0 aliphatic carbocycles. The lowest BCUT2D eigenvalue weighted by Gasteiger charge is -2.27. The summed E-state index contributed by atoms with van der Waals surface area (Å²) in [6, 6.07) is 8.65. The molecule has 4 rings (SSSR count). The number of fused-ring (bicyclic) bond motifs is 1. The monoisotopic (exact) mass is 481 g/mol. The molecule has 0 spiro atoms. The van der Waals surface area contributed by atoms with Crippen molar-refractivity contribution in [2.75, 3.05) is 19.8 Å². The predicted octanol–water partition coefficient (Wildman–Crippen LogP) is 2.17. The molecular weight excluding hydrogens is 450 g/mol. The Balaban J connectivity index is 1.52. The first-order chi connectivity index (χ1) is 16.2. The maximum absolute atomic E-state index is 13.5. The summed E-state index contributed by atoms with van der Waals surface area (Å²) in [5, 5.41) is 16.1. The van der Waals surface area contributed by atoms with Crippen molar-refractivity contribution in [2.24, 2.45) is 5.92 Å². The van der Waals surface area contributed by atoms with Crippen LogP contribution in [0.25, 0.3) is 10.9 Å². The van der Waals surface area contributed by atoms with Crippen molar-refractivity contribution in [3.8, 4) is 11.8 Å². The van der Waals surface area contributed by atoms with Gasteiger partial charge in [-0.05, 0) is 43.5 Å². The molecule has 2 fully saturated rings. The van der Waals surface area contributed by atoms with Crippen molar-refractivity contribution in [3.63, 3.8) is 0 Å². The summed E-state index contributed by atoms with van der Waals surface area (Å²) in [4.78, 5) is 43.7. The van der Waals surface area contributed by atoms with E-state index in [4.69, 9.17) is 4.74 Å². The molecule has 2 saturated heterocycles. The van der Waals surface area contributed by atoms with Crippen LogP contribution in [0.1, 0.15) is 29.8 Å². The van der Waals surface area contributed by atoms with E-state index in [0.29, 0.717) is 36.6 Å². The third-order valence-electron chi connectivity index (χ3n) is 6.75. The molecule has 34 heavy (non-hydrogen) atoms. The highest BCUT2D eigenvalue weighted by molar-refractivity contribution is 6.79. The highest BCUT2D eigenvalue weighted by atomic mass is 28.3. The Morgan fingerprint density at radius 1 is 1.38 bits per heavy atom. The molecule has 3 amide bonds. The molecule has 2 aliphatic rings. The summed E-state index contributed by atoms with van der Waals surface area (Å²) >= 11 is 0. The molecule has 9 nitrogen and oxygen atoms in total. The van der Waals surface area contributed by atoms with Crippen LogP contribution in [0, 0.1) is 17.2 Å². The number of carbonyl (C=O) groups is 3. The number of hydrogen-bond donors (Lipinski definition) is 3. The molecule has 1 aromatic heterocycles. The molecule has 2 aromatic rings. The minimum Gasteiger partial charge on any atom is -0.496 e. The molecule has 0 radical (unpaired) electrons. The highest BCUT2D eigenvalue weighted by Crippen LogP contribution is 2.31. The number of H-pyrrole nitrogens is 1. The number of aromatic nitrogens is 1. The van der Waals surface area contributed by atoms with Crippen LogP contribution in [-0.2, 0) is 9.59 Å². The number of rotatable bonds is 6. The van der Waals surface area contributed by atoms with Crippen LogP contribution in [0.15, 0.2) is 24.3 Å². The second-order valence-electron chi connectivity index (χ2n) is 9.98. The van der Waals surface area contributed by atoms with Crippen LogP contribution in [0.2, 0.25) is 19.1 Å². The van der Waals surface area contributed by atoms with Gasteiger partial charge in [0.1, 0.15) is 23.5 Å². The minimum atomic E-state index is -1.84. The van der Waals surface area contributed by atoms with Crippen LogP contribution in [0.5, 0.6) is 5.75 Å². The van der Waals surface area contributed by atoms with Gasteiger partial charge in [0.2, 0.25) is 11.8 Å². The predicted molar refractivity (Wildman–Crippen MR) is 130 cm³/mol. The molecule has 0 bridgehead atoms. The molecule has 180 valence electrons. The number of piperidine rings is 1. The van der Waals surface area contributed by atoms with Gasteiger partial charge < -0.3 is 25.3 Å². The number of hydrogen-bond acceptors (Lipinski definition) is 5. The average Bonchev–Trinajstić information content (AvgIpc) is 3.40.